The minimum atomic E-state index is 0.953. The third-order valence-corrected chi connectivity index (χ3v) is 7.07. The average Bonchev–Trinajstić information content (AvgIpc) is 3.07. The van der Waals surface area contributed by atoms with Crippen LogP contribution in [0.4, 0.5) is 0 Å². The van der Waals surface area contributed by atoms with Gasteiger partial charge >= 0.3 is 0 Å². The van der Waals surface area contributed by atoms with Gasteiger partial charge in [-0.1, -0.05) is 30.0 Å². The largest absolute Gasteiger partial charge is 0.455 e. The van der Waals surface area contributed by atoms with Crippen molar-refractivity contribution in [1.29, 1.82) is 0 Å². The third-order valence-electron chi connectivity index (χ3n) is 5.97. The van der Waals surface area contributed by atoms with Gasteiger partial charge in [0.15, 0.2) is 0 Å². The Morgan fingerprint density at radius 1 is 0.926 bits per heavy atom. The summed E-state index contributed by atoms with van der Waals surface area (Å²) in [5.74, 6) is 1.92. The lowest BCUT2D eigenvalue weighted by Gasteiger charge is -2.24. The molecule has 0 radical (unpaired) electrons. The van der Waals surface area contributed by atoms with Gasteiger partial charge in [-0.05, 0) is 79.3 Å². The van der Waals surface area contributed by atoms with E-state index in [2.05, 4.69) is 55.2 Å². The maximum absolute atomic E-state index is 6.24. The molecule has 132 valence electrons. The van der Waals surface area contributed by atoms with E-state index in [-0.39, 0.29) is 0 Å². The number of hydrogen-bond donors (Lipinski definition) is 1. The van der Waals surface area contributed by atoms with E-state index >= 15 is 0 Å². The molecule has 1 aliphatic carbocycles. The second-order valence-corrected chi connectivity index (χ2v) is 8.60. The molecule has 3 aromatic carbocycles. The van der Waals surface area contributed by atoms with E-state index < -0.39 is 0 Å². The zero-order chi connectivity index (χ0) is 18.1. The van der Waals surface area contributed by atoms with Crippen LogP contribution >= 0.6 is 11.8 Å². The van der Waals surface area contributed by atoms with Gasteiger partial charge in [-0.3, -0.25) is 0 Å². The van der Waals surface area contributed by atoms with E-state index in [1.54, 1.807) is 0 Å². The molecule has 27 heavy (non-hydrogen) atoms. The number of hydrogen-bond acceptors (Lipinski definition) is 2. The molecule has 0 bridgehead atoms. The molecule has 0 atom stereocenters. The fraction of sp³-hybridized carbons (Fsp3) is 0.167. The number of H-pyrrole nitrogens is 1. The number of ether oxygens (including phenoxy) is 1. The molecular weight excluding hydrogens is 350 g/mol. The molecule has 4 aromatic rings. The van der Waals surface area contributed by atoms with Crippen LogP contribution < -0.4 is 4.74 Å². The van der Waals surface area contributed by atoms with E-state index in [4.69, 9.17) is 4.74 Å². The fourth-order valence-corrected chi connectivity index (χ4v) is 5.44. The molecule has 1 N–H and O–H groups in total. The van der Waals surface area contributed by atoms with Crippen molar-refractivity contribution in [2.24, 2.45) is 0 Å². The first-order valence-corrected chi connectivity index (χ1v) is 10.2. The number of aromatic nitrogens is 1. The van der Waals surface area contributed by atoms with Crippen molar-refractivity contribution >= 4 is 22.7 Å². The van der Waals surface area contributed by atoms with Crippen LogP contribution in [-0.4, -0.2) is 4.98 Å². The molecule has 2 nitrogen and oxygen atoms in total. The highest BCUT2D eigenvalue weighted by molar-refractivity contribution is 7.99. The number of aromatic amines is 1. The van der Waals surface area contributed by atoms with Crippen LogP contribution in [0.25, 0.3) is 22.2 Å². The maximum atomic E-state index is 6.24. The molecule has 0 unspecified atom stereocenters. The summed E-state index contributed by atoms with van der Waals surface area (Å²) in [6.45, 7) is 4.44. The SMILES string of the molecule is Cc1ccc2[nH]c3c(c2c1C)CCc1cc2c(cc1-3)Oc1ccccc1S2. The van der Waals surface area contributed by atoms with Crippen LogP contribution in [0.2, 0.25) is 0 Å². The first kappa shape index (κ1) is 15.4. The van der Waals surface area contributed by atoms with Crippen molar-refractivity contribution in [2.45, 2.75) is 36.5 Å². The molecule has 0 saturated heterocycles. The topological polar surface area (TPSA) is 25.0 Å². The van der Waals surface area contributed by atoms with Gasteiger partial charge in [0.2, 0.25) is 0 Å². The van der Waals surface area contributed by atoms with Crippen LogP contribution in [-0.2, 0) is 12.8 Å². The van der Waals surface area contributed by atoms with E-state index in [0.29, 0.717) is 0 Å². The highest BCUT2D eigenvalue weighted by atomic mass is 32.2. The van der Waals surface area contributed by atoms with Gasteiger partial charge in [-0.15, -0.1) is 0 Å². The second kappa shape index (κ2) is 5.43. The lowest BCUT2D eigenvalue weighted by atomic mass is 9.87. The number of nitrogens with one attached hydrogen (secondary N) is 1. The fourth-order valence-electron chi connectivity index (χ4n) is 4.44. The summed E-state index contributed by atoms with van der Waals surface area (Å²) in [7, 11) is 0. The summed E-state index contributed by atoms with van der Waals surface area (Å²) in [5.41, 5.74) is 9.44. The normalized spacial score (nSPS) is 14.1. The molecular formula is C24H19NOS. The zero-order valence-corrected chi connectivity index (χ0v) is 16.2. The first-order valence-electron chi connectivity index (χ1n) is 9.42. The second-order valence-electron chi connectivity index (χ2n) is 7.52. The van der Waals surface area contributed by atoms with Gasteiger partial charge in [-0.2, -0.15) is 0 Å². The van der Waals surface area contributed by atoms with E-state index in [1.807, 2.05) is 23.9 Å². The number of para-hydroxylation sites is 1. The van der Waals surface area contributed by atoms with Crippen LogP contribution in [0.1, 0.15) is 22.3 Å². The predicted octanol–water partition coefficient (Wildman–Crippen LogP) is 6.81. The quantitative estimate of drug-likeness (QED) is 0.324. The smallest absolute Gasteiger partial charge is 0.142 e. The van der Waals surface area contributed by atoms with Crippen molar-refractivity contribution in [1.82, 2.24) is 4.98 Å². The van der Waals surface area contributed by atoms with Crippen LogP contribution in [0.3, 0.4) is 0 Å². The highest BCUT2D eigenvalue weighted by Crippen LogP contribution is 2.50. The summed E-state index contributed by atoms with van der Waals surface area (Å²) >= 11 is 1.81. The van der Waals surface area contributed by atoms with Gasteiger partial charge in [0.25, 0.3) is 0 Å². The first-order chi connectivity index (χ1) is 13.2. The molecule has 1 aromatic heterocycles. The zero-order valence-electron chi connectivity index (χ0n) is 15.3. The summed E-state index contributed by atoms with van der Waals surface area (Å²) in [4.78, 5) is 6.12. The lowest BCUT2D eigenvalue weighted by molar-refractivity contribution is 0.454. The lowest BCUT2D eigenvalue weighted by Crippen LogP contribution is -2.05. The minimum absolute atomic E-state index is 0.953. The summed E-state index contributed by atoms with van der Waals surface area (Å²) in [6, 6.07) is 17.3. The van der Waals surface area contributed by atoms with Crippen LogP contribution in [0.15, 0.2) is 58.3 Å². The highest BCUT2D eigenvalue weighted by Gasteiger charge is 2.26. The number of fused-ring (bicyclic) bond motifs is 7. The molecule has 0 saturated carbocycles. The Morgan fingerprint density at radius 2 is 1.81 bits per heavy atom. The molecule has 2 heterocycles. The van der Waals surface area contributed by atoms with E-state index in [1.165, 1.54) is 54.2 Å². The molecule has 3 heteroatoms. The molecule has 0 spiro atoms. The van der Waals surface area contributed by atoms with Gasteiger partial charge < -0.3 is 9.72 Å². The molecule has 6 rings (SSSR count). The standard InChI is InChI=1S/C24H19NOS/c1-13-7-10-18-23(14(13)2)16-9-8-15-11-22-20(12-17(15)24(16)25-18)26-19-5-3-4-6-21(19)27-22/h3-7,10-12,25H,8-9H2,1-2H3. The number of aryl methyl sites for hydroxylation is 4. The Hall–Kier alpha value is -2.65. The van der Waals surface area contributed by atoms with Crippen molar-refractivity contribution in [3.8, 4) is 22.8 Å². The monoisotopic (exact) mass is 369 g/mol. The Kier molecular flexibility index (Phi) is 3.10. The number of benzene rings is 3. The third kappa shape index (κ3) is 2.15. The van der Waals surface area contributed by atoms with Crippen molar-refractivity contribution in [2.75, 3.05) is 0 Å². The van der Waals surface area contributed by atoms with E-state index in [0.717, 1.165) is 24.3 Å². The summed E-state index contributed by atoms with van der Waals surface area (Å²) in [5, 5.41) is 1.41. The predicted molar refractivity (Wildman–Crippen MR) is 111 cm³/mol. The Labute approximate surface area is 162 Å². The molecule has 0 fully saturated rings. The number of rotatable bonds is 0. The van der Waals surface area contributed by atoms with Gasteiger partial charge in [0, 0.05) is 16.5 Å². The Morgan fingerprint density at radius 3 is 2.74 bits per heavy atom. The summed E-state index contributed by atoms with van der Waals surface area (Å²) < 4.78 is 6.24. The average molecular weight is 369 g/mol. The molecule has 2 aliphatic rings. The Balaban J connectivity index is 1.56. The van der Waals surface area contributed by atoms with Crippen molar-refractivity contribution in [3.63, 3.8) is 0 Å². The molecule has 0 amide bonds. The van der Waals surface area contributed by atoms with Crippen molar-refractivity contribution < 1.29 is 4.74 Å². The minimum Gasteiger partial charge on any atom is -0.455 e. The molecule has 1 aliphatic heterocycles. The van der Waals surface area contributed by atoms with Gasteiger partial charge in [0.05, 0.1) is 15.5 Å². The van der Waals surface area contributed by atoms with Gasteiger partial charge in [-0.25, -0.2) is 0 Å². The summed E-state index contributed by atoms with van der Waals surface area (Å²) in [6.07, 6.45) is 2.17. The van der Waals surface area contributed by atoms with Crippen LogP contribution in [0.5, 0.6) is 11.5 Å². The van der Waals surface area contributed by atoms with Gasteiger partial charge in [0.1, 0.15) is 11.5 Å². The van der Waals surface area contributed by atoms with E-state index in [9.17, 15) is 0 Å². The maximum Gasteiger partial charge on any atom is 0.142 e. The van der Waals surface area contributed by atoms with Crippen molar-refractivity contribution in [3.05, 3.63) is 70.8 Å². The van der Waals surface area contributed by atoms with Crippen LogP contribution in [0, 0.1) is 13.8 Å². The Bertz CT molecular complexity index is 1250.